The number of benzene rings is 1. The van der Waals surface area contributed by atoms with Crippen molar-refractivity contribution in [1.82, 2.24) is 0 Å². The maximum Gasteiger partial charge on any atom is 0.348 e. The van der Waals surface area contributed by atoms with Gasteiger partial charge in [-0.3, -0.25) is 4.79 Å². The molecule has 0 saturated carbocycles. The van der Waals surface area contributed by atoms with Gasteiger partial charge >= 0.3 is 5.97 Å². The van der Waals surface area contributed by atoms with Crippen molar-refractivity contribution in [3.8, 4) is 0 Å². The third-order valence-electron chi connectivity index (χ3n) is 5.97. The van der Waals surface area contributed by atoms with Crippen molar-refractivity contribution in [2.45, 2.75) is 90.6 Å². The van der Waals surface area contributed by atoms with Gasteiger partial charge in [-0.25, -0.2) is 4.79 Å². The molecule has 3 rings (SSSR count). The van der Waals surface area contributed by atoms with Crippen LogP contribution in [0.3, 0.4) is 0 Å². The van der Waals surface area contributed by atoms with Crippen molar-refractivity contribution in [1.29, 1.82) is 0 Å². The van der Waals surface area contributed by atoms with Crippen molar-refractivity contribution in [3.63, 3.8) is 0 Å². The van der Waals surface area contributed by atoms with Gasteiger partial charge < -0.3 is 19.5 Å². The van der Waals surface area contributed by atoms with Gasteiger partial charge in [0.2, 0.25) is 5.91 Å². The highest BCUT2D eigenvalue weighted by atomic mass is 32.1. The van der Waals surface area contributed by atoms with E-state index in [1.54, 1.807) is 6.07 Å². The highest BCUT2D eigenvalue weighted by molar-refractivity contribution is 7.13. The molecule has 1 amide bonds. The Hall–Kier alpha value is -2.22. The largest absolute Gasteiger partial charge is 0.459 e. The fourth-order valence-corrected chi connectivity index (χ4v) is 5.01. The molecular formula is C27H37NO5S. The topological polar surface area (TPSA) is 76.1 Å². The molecule has 7 heteroatoms. The molecule has 0 radical (unpaired) electrons. The lowest BCUT2D eigenvalue weighted by molar-refractivity contribution is -0.117. The van der Waals surface area contributed by atoms with Crippen LogP contribution in [0.15, 0.2) is 36.4 Å². The molecule has 1 aromatic carbocycles. The molecule has 2 heterocycles. The molecule has 6 nitrogen and oxygen atoms in total. The quantitative estimate of drug-likeness (QED) is 0.276. The van der Waals surface area contributed by atoms with Crippen LogP contribution >= 0.6 is 11.3 Å². The van der Waals surface area contributed by atoms with E-state index in [0.29, 0.717) is 24.5 Å². The lowest BCUT2D eigenvalue weighted by Crippen LogP contribution is -2.36. The minimum Gasteiger partial charge on any atom is -0.459 e. The first kappa shape index (κ1) is 26.4. The molecule has 1 aliphatic heterocycles. The van der Waals surface area contributed by atoms with Crippen LogP contribution in [0, 0.1) is 0 Å². The number of esters is 1. The van der Waals surface area contributed by atoms with E-state index in [-0.39, 0.29) is 24.0 Å². The van der Waals surface area contributed by atoms with Crippen LogP contribution in [-0.4, -0.2) is 35.7 Å². The highest BCUT2D eigenvalue weighted by Crippen LogP contribution is 2.29. The van der Waals surface area contributed by atoms with Crippen LogP contribution in [0.4, 0.5) is 5.69 Å². The Morgan fingerprint density at radius 3 is 2.62 bits per heavy atom. The van der Waals surface area contributed by atoms with Gasteiger partial charge in [0.25, 0.3) is 0 Å². The first-order valence-corrected chi connectivity index (χ1v) is 13.2. The predicted octanol–water partition coefficient (Wildman–Crippen LogP) is 6.03. The highest BCUT2D eigenvalue weighted by Gasteiger charge is 2.32. The molecule has 34 heavy (non-hydrogen) atoms. The summed E-state index contributed by atoms with van der Waals surface area (Å²) in [6.07, 6.45) is 5.94. The Morgan fingerprint density at radius 2 is 1.91 bits per heavy atom. The Kier molecular flexibility index (Phi) is 10.1. The van der Waals surface area contributed by atoms with Gasteiger partial charge in [0.15, 0.2) is 0 Å². The van der Waals surface area contributed by atoms with Crippen molar-refractivity contribution >= 4 is 28.9 Å². The van der Waals surface area contributed by atoms with Gasteiger partial charge in [0, 0.05) is 17.0 Å². The second-order valence-electron chi connectivity index (χ2n) is 9.15. The lowest BCUT2D eigenvalue weighted by atomic mass is 10.0. The molecule has 2 atom stereocenters. The van der Waals surface area contributed by atoms with Crippen molar-refractivity contribution < 1.29 is 24.2 Å². The van der Waals surface area contributed by atoms with E-state index >= 15 is 0 Å². The van der Waals surface area contributed by atoms with E-state index in [0.717, 1.165) is 41.8 Å². The molecule has 1 fully saturated rings. The molecule has 186 valence electrons. The van der Waals surface area contributed by atoms with E-state index in [1.165, 1.54) is 24.2 Å². The summed E-state index contributed by atoms with van der Waals surface area (Å²) in [5, 5.41) is 10.5. The number of carbonyl (C=O) groups is 2. The Bertz CT molecular complexity index is 923. The number of ether oxygens (including phenoxy) is 2. The molecule has 1 aliphatic rings. The number of nitrogens with zero attached hydrogens (tertiary/aromatic N) is 1. The number of amides is 1. The summed E-state index contributed by atoms with van der Waals surface area (Å²) in [5.41, 5.74) is 1.73. The van der Waals surface area contributed by atoms with E-state index in [2.05, 4.69) is 6.92 Å². The number of hydrogen-bond donors (Lipinski definition) is 1. The number of hydrogen-bond acceptors (Lipinski definition) is 6. The molecular weight excluding hydrogens is 450 g/mol. The second-order valence-corrected chi connectivity index (χ2v) is 10.3. The Morgan fingerprint density at radius 1 is 1.15 bits per heavy atom. The van der Waals surface area contributed by atoms with E-state index in [9.17, 15) is 14.7 Å². The SMILES string of the molecule is CCCCCC[C@H](O)c1ccc(N2C(=O)CCC2COCc2ccc(C(=O)OC(C)C)s2)cc1. The molecule has 1 N–H and O–H groups in total. The fraction of sp³-hybridized carbons (Fsp3) is 0.556. The zero-order valence-electron chi connectivity index (χ0n) is 20.5. The average Bonchev–Trinajstić information content (AvgIpc) is 3.43. The maximum atomic E-state index is 12.6. The molecule has 0 spiro atoms. The van der Waals surface area contributed by atoms with Gasteiger partial charge in [-0.2, -0.15) is 0 Å². The van der Waals surface area contributed by atoms with Crippen molar-refractivity contribution in [2.24, 2.45) is 0 Å². The number of unbranched alkanes of at least 4 members (excludes halogenated alkanes) is 3. The summed E-state index contributed by atoms with van der Waals surface area (Å²) < 4.78 is 11.2. The van der Waals surface area contributed by atoms with E-state index in [4.69, 9.17) is 9.47 Å². The summed E-state index contributed by atoms with van der Waals surface area (Å²) >= 11 is 1.37. The number of thiophene rings is 1. The normalized spacial score (nSPS) is 16.9. The van der Waals surface area contributed by atoms with Crippen LogP contribution < -0.4 is 4.90 Å². The maximum absolute atomic E-state index is 12.6. The zero-order valence-corrected chi connectivity index (χ0v) is 21.3. The van der Waals surface area contributed by atoms with Crippen LogP contribution in [0.5, 0.6) is 0 Å². The predicted molar refractivity (Wildman–Crippen MR) is 135 cm³/mol. The van der Waals surface area contributed by atoms with Gasteiger partial charge in [0.05, 0.1) is 31.5 Å². The minimum atomic E-state index is -0.465. The summed E-state index contributed by atoms with van der Waals surface area (Å²) in [6.45, 7) is 6.65. The molecule has 1 aromatic heterocycles. The molecule has 0 bridgehead atoms. The molecule has 1 saturated heterocycles. The third kappa shape index (κ3) is 7.39. The summed E-state index contributed by atoms with van der Waals surface area (Å²) in [5.74, 6) is -0.218. The summed E-state index contributed by atoms with van der Waals surface area (Å²) in [4.78, 5) is 27.9. The van der Waals surface area contributed by atoms with Crippen molar-refractivity contribution in [3.05, 3.63) is 51.7 Å². The number of rotatable bonds is 13. The summed E-state index contributed by atoms with van der Waals surface area (Å²) in [7, 11) is 0. The van der Waals surface area contributed by atoms with Crippen LogP contribution in [-0.2, 0) is 20.9 Å². The van der Waals surface area contributed by atoms with Gasteiger partial charge in [-0.15, -0.1) is 11.3 Å². The van der Waals surface area contributed by atoms with Crippen molar-refractivity contribution in [2.75, 3.05) is 11.5 Å². The standard InChI is InChI=1S/C27H37NO5S/c1-4-5-6-7-8-24(29)20-9-11-21(12-10-20)28-22(13-16-26(28)30)17-32-18-23-14-15-25(34-23)27(31)33-19(2)3/h9-12,14-15,19,22,24,29H,4-8,13,16-18H2,1-3H3/t22?,24-/m0/s1. The average molecular weight is 488 g/mol. The van der Waals surface area contributed by atoms with Gasteiger partial charge in [-0.1, -0.05) is 44.7 Å². The summed E-state index contributed by atoms with van der Waals surface area (Å²) in [6, 6.07) is 11.3. The number of aliphatic hydroxyl groups is 1. The van der Waals surface area contributed by atoms with Gasteiger partial charge in [-0.05, 0) is 56.5 Å². The first-order chi connectivity index (χ1) is 16.4. The lowest BCUT2D eigenvalue weighted by Gasteiger charge is -2.25. The van der Waals surface area contributed by atoms with Crippen LogP contribution in [0.2, 0.25) is 0 Å². The van der Waals surface area contributed by atoms with E-state index < -0.39 is 6.10 Å². The number of aliphatic hydroxyl groups excluding tert-OH is 1. The van der Waals surface area contributed by atoms with Gasteiger partial charge in [0.1, 0.15) is 4.88 Å². The Balaban J connectivity index is 1.52. The zero-order chi connectivity index (χ0) is 24.5. The fourth-order valence-electron chi connectivity index (χ4n) is 4.18. The first-order valence-electron chi connectivity index (χ1n) is 12.4. The smallest absolute Gasteiger partial charge is 0.348 e. The molecule has 1 unspecified atom stereocenters. The van der Waals surface area contributed by atoms with E-state index in [1.807, 2.05) is 49.1 Å². The molecule has 2 aromatic rings. The van der Waals surface area contributed by atoms with Crippen LogP contribution in [0.25, 0.3) is 0 Å². The third-order valence-corrected chi connectivity index (χ3v) is 7.01. The minimum absolute atomic E-state index is 0.0253. The molecule has 0 aliphatic carbocycles. The second kappa shape index (κ2) is 13.0. The van der Waals surface area contributed by atoms with Crippen LogP contribution in [0.1, 0.15) is 91.9 Å². The Labute approximate surface area is 206 Å². The monoisotopic (exact) mass is 487 g/mol. The number of carbonyl (C=O) groups excluding carboxylic acids is 2. The number of anilines is 1.